The van der Waals surface area contributed by atoms with Crippen LogP contribution in [0.15, 0.2) is 22.8 Å². The van der Waals surface area contributed by atoms with Gasteiger partial charge < -0.3 is 9.32 Å². The lowest BCUT2D eigenvalue weighted by atomic mass is 10.0. The quantitative estimate of drug-likeness (QED) is 0.843. The van der Waals surface area contributed by atoms with Crippen LogP contribution in [0.4, 0.5) is 0 Å². The Balaban J connectivity index is 2.31. The van der Waals surface area contributed by atoms with Crippen LogP contribution in [0.5, 0.6) is 0 Å². The number of rotatable bonds is 4. The molecule has 1 aromatic heterocycles. The van der Waals surface area contributed by atoms with E-state index in [-0.39, 0.29) is 18.0 Å². The highest BCUT2D eigenvalue weighted by Gasteiger charge is 2.21. The van der Waals surface area contributed by atoms with Crippen LogP contribution in [0.3, 0.4) is 0 Å². The third-order valence-electron chi connectivity index (χ3n) is 4.01. The minimum atomic E-state index is 0.154. The molecule has 0 saturated heterocycles. The van der Waals surface area contributed by atoms with Crippen molar-refractivity contribution in [2.75, 3.05) is 0 Å². The Hall–Kier alpha value is -1.77. The number of hydrogen-bond donors (Lipinski definition) is 0. The maximum atomic E-state index is 12.6. The molecule has 3 heteroatoms. The van der Waals surface area contributed by atoms with Crippen molar-refractivity contribution in [3.63, 3.8) is 0 Å². The lowest BCUT2D eigenvalue weighted by Gasteiger charge is -2.30. The SMILES string of the molecule is Cc1cc2occ(CC(=O)N(C(C)C)C(C)C)c2cc1C. The minimum absolute atomic E-state index is 0.154. The normalized spacial score (nSPS) is 11.6. The van der Waals surface area contributed by atoms with Gasteiger partial charge in [-0.1, -0.05) is 0 Å². The fourth-order valence-electron chi connectivity index (χ4n) is 2.90. The first kappa shape index (κ1) is 15.6. The molecule has 1 aromatic carbocycles. The predicted octanol–water partition coefficient (Wildman–Crippen LogP) is 4.24. The molecule has 114 valence electrons. The van der Waals surface area contributed by atoms with E-state index in [2.05, 4.69) is 47.6 Å². The number of nitrogens with zero attached hydrogens (tertiary/aromatic N) is 1. The molecular formula is C18H25NO2. The summed E-state index contributed by atoms with van der Waals surface area (Å²) < 4.78 is 5.62. The van der Waals surface area contributed by atoms with Crippen molar-refractivity contribution >= 4 is 16.9 Å². The van der Waals surface area contributed by atoms with E-state index >= 15 is 0 Å². The summed E-state index contributed by atoms with van der Waals surface area (Å²) in [6.45, 7) is 12.4. The van der Waals surface area contributed by atoms with Gasteiger partial charge in [-0.05, 0) is 64.8 Å². The lowest BCUT2D eigenvalue weighted by Crippen LogP contribution is -2.42. The van der Waals surface area contributed by atoms with E-state index in [9.17, 15) is 4.79 Å². The molecule has 1 heterocycles. The van der Waals surface area contributed by atoms with Crippen LogP contribution in [0, 0.1) is 13.8 Å². The van der Waals surface area contributed by atoms with Gasteiger partial charge in [0.15, 0.2) is 0 Å². The van der Waals surface area contributed by atoms with Crippen molar-refractivity contribution in [2.45, 2.75) is 60.0 Å². The highest BCUT2D eigenvalue weighted by atomic mass is 16.3. The van der Waals surface area contributed by atoms with E-state index in [4.69, 9.17) is 4.42 Å². The second-order valence-corrected chi connectivity index (χ2v) is 6.36. The van der Waals surface area contributed by atoms with Crippen LogP contribution in [0.1, 0.15) is 44.4 Å². The molecule has 0 atom stereocenters. The first-order valence-corrected chi connectivity index (χ1v) is 7.59. The summed E-state index contributed by atoms with van der Waals surface area (Å²) in [7, 11) is 0. The fraction of sp³-hybridized carbons (Fsp3) is 0.500. The highest BCUT2D eigenvalue weighted by Crippen LogP contribution is 2.25. The lowest BCUT2D eigenvalue weighted by molar-refractivity contribution is -0.134. The molecule has 0 aliphatic carbocycles. The van der Waals surface area contributed by atoms with Crippen LogP contribution in [0.25, 0.3) is 11.0 Å². The summed E-state index contributed by atoms with van der Waals surface area (Å²) in [5.41, 5.74) is 4.27. The fourth-order valence-corrected chi connectivity index (χ4v) is 2.90. The van der Waals surface area contributed by atoms with E-state index in [0.717, 1.165) is 16.5 Å². The van der Waals surface area contributed by atoms with Gasteiger partial charge in [0.2, 0.25) is 5.91 Å². The third kappa shape index (κ3) is 3.12. The van der Waals surface area contributed by atoms with Crippen LogP contribution >= 0.6 is 0 Å². The molecule has 2 rings (SSSR count). The van der Waals surface area contributed by atoms with E-state index in [1.165, 1.54) is 11.1 Å². The van der Waals surface area contributed by atoms with Gasteiger partial charge in [0.25, 0.3) is 0 Å². The molecule has 0 fully saturated rings. The Morgan fingerprint density at radius 1 is 1.10 bits per heavy atom. The van der Waals surface area contributed by atoms with Gasteiger partial charge in [-0.3, -0.25) is 4.79 Å². The van der Waals surface area contributed by atoms with Crippen LogP contribution in [-0.4, -0.2) is 22.9 Å². The molecule has 3 nitrogen and oxygen atoms in total. The van der Waals surface area contributed by atoms with E-state index in [0.29, 0.717) is 6.42 Å². The second-order valence-electron chi connectivity index (χ2n) is 6.36. The number of carbonyl (C=O) groups is 1. The summed E-state index contributed by atoms with van der Waals surface area (Å²) in [6, 6.07) is 4.58. The Kier molecular flexibility index (Phi) is 4.40. The highest BCUT2D eigenvalue weighted by molar-refractivity contribution is 5.88. The number of fused-ring (bicyclic) bond motifs is 1. The number of benzene rings is 1. The molecule has 0 bridgehead atoms. The predicted molar refractivity (Wildman–Crippen MR) is 86.5 cm³/mol. The van der Waals surface area contributed by atoms with Gasteiger partial charge >= 0.3 is 0 Å². The summed E-state index contributed by atoms with van der Waals surface area (Å²) >= 11 is 0. The Morgan fingerprint density at radius 2 is 1.67 bits per heavy atom. The average molecular weight is 287 g/mol. The van der Waals surface area contributed by atoms with Gasteiger partial charge in [-0.25, -0.2) is 0 Å². The van der Waals surface area contributed by atoms with Crippen molar-refractivity contribution in [3.8, 4) is 0 Å². The monoisotopic (exact) mass is 287 g/mol. The number of hydrogen-bond acceptors (Lipinski definition) is 2. The van der Waals surface area contributed by atoms with Gasteiger partial charge in [0, 0.05) is 23.0 Å². The summed E-state index contributed by atoms with van der Waals surface area (Å²) in [5, 5.41) is 1.05. The zero-order valence-corrected chi connectivity index (χ0v) is 13.9. The zero-order valence-electron chi connectivity index (χ0n) is 13.9. The summed E-state index contributed by atoms with van der Waals surface area (Å²) in [6.07, 6.45) is 2.12. The van der Waals surface area contributed by atoms with Gasteiger partial charge in [0.1, 0.15) is 5.58 Å². The molecule has 0 aliphatic heterocycles. The number of amides is 1. The first-order valence-electron chi connectivity index (χ1n) is 7.59. The standard InChI is InChI=1S/C18H25NO2/c1-11(2)19(12(3)4)18(20)9-15-10-21-17-8-14(6)13(5)7-16(15)17/h7-8,10-12H,9H2,1-6H3. The molecule has 2 aromatic rings. The smallest absolute Gasteiger partial charge is 0.227 e. The van der Waals surface area contributed by atoms with Crippen molar-refractivity contribution in [1.82, 2.24) is 4.90 Å². The largest absolute Gasteiger partial charge is 0.464 e. The van der Waals surface area contributed by atoms with Crippen molar-refractivity contribution in [1.29, 1.82) is 0 Å². The topological polar surface area (TPSA) is 33.5 Å². The minimum Gasteiger partial charge on any atom is -0.464 e. The third-order valence-corrected chi connectivity index (χ3v) is 4.01. The van der Waals surface area contributed by atoms with E-state index in [1.807, 2.05) is 11.0 Å². The van der Waals surface area contributed by atoms with E-state index < -0.39 is 0 Å². The molecule has 0 unspecified atom stereocenters. The summed E-state index contributed by atoms with van der Waals surface area (Å²) in [4.78, 5) is 14.5. The van der Waals surface area contributed by atoms with Crippen LogP contribution < -0.4 is 0 Å². The molecule has 0 aliphatic rings. The average Bonchev–Trinajstić information content (AvgIpc) is 2.71. The molecular weight excluding hydrogens is 262 g/mol. The molecule has 1 amide bonds. The Labute approximate surface area is 126 Å². The molecule has 0 saturated carbocycles. The molecule has 0 radical (unpaired) electrons. The van der Waals surface area contributed by atoms with Gasteiger partial charge in [-0.2, -0.15) is 0 Å². The molecule has 21 heavy (non-hydrogen) atoms. The number of aryl methyl sites for hydroxylation is 2. The Morgan fingerprint density at radius 3 is 2.24 bits per heavy atom. The zero-order chi connectivity index (χ0) is 15.7. The summed E-state index contributed by atoms with van der Waals surface area (Å²) in [5.74, 6) is 0.154. The maximum absolute atomic E-state index is 12.6. The number of furan rings is 1. The number of carbonyl (C=O) groups excluding carboxylic acids is 1. The van der Waals surface area contributed by atoms with Crippen LogP contribution in [0.2, 0.25) is 0 Å². The molecule has 0 N–H and O–H groups in total. The van der Waals surface area contributed by atoms with Crippen molar-refractivity contribution in [3.05, 3.63) is 35.1 Å². The second kappa shape index (κ2) is 5.92. The van der Waals surface area contributed by atoms with Crippen LogP contribution in [-0.2, 0) is 11.2 Å². The van der Waals surface area contributed by atoms with Crippen molar-refractivity contribution in [2.24, 2.45) is 0 Å². The first-order chi connectivity index (χ1) is 9.81. The maximum Gasteiger partial charge on any atom is 0.227 e. The Bertz CT molecular complexity index is 645. The van der Waals surface area contributed by atoms with E-state index in [1.54, 1.807) is 6.26 Å². The molecule has 0 spiro atoms. The van der Waals surface area contributed by atoms with Gasteiger partial charge in [0.05, 0.1) is 12.7 Å². The van der Waals surface area contributed by atoms with Crippen molar-refractivity contribution < 1.29 is 9.21 Å². The van der Waals surface area contributed by atoms with Gasteiger partial charge in [-0.15, -0.1) is 0 Å².